The van der Waals surface area contributed by atoms with Crippen molar-refractivity contribution in [2.75, 3.05) is 6.61 Å². The van der Waals surface area contributed by atoms with E-state index in [2.05, 4.69) is 9.97 Å². The molecule has 1 heterocycles. The molecule has 8 nitrogen and oxygen atoms in total. The number of hydrogen-bond donors (Lipinski definition) is 1. The monoisotopic (exact) mass is 476 g/mol. The van der Waals surface area contributed by atoms with Gasteiger partial charge in [0.15, 0.2) is 5.78 Å². The molecule has 1 unspecified atom stereocenters. The average Bonchev–Trinajstić information content (AvgIpc) is 2.82. The van der Waals surface area contributed by atoms with E-state index in [1.54, 1.807) is 19.1 Å². The second kappa shape index (κ2) is 8.27. The molecular weight excluding hydrogens is 456 g/mol. The van der Waals surface area contributed by atoms with E-state index >= 15 is 0 Å². The first-order valence-electron chi connectivity index (χ1n) is 10.7. The number of fused-ring (bicyclic) bond motifs is 5. The summed E-state index contributed by atoms with van der Waals surface area (Å²) in [5.74, 6) is -1.11. The highest BCUT2D eigenvalue weighted by Gasteiger charge is 2.34. The van der Waals surface area contributed by atoms with Crippen molar-refractivity contribution in [3.05, 3.63) is 71.7 Å². The number of aromatic nitrogens is 2. The van der Waals surface area contributed by atoms with Crippen LogP contribution in [0.5, 0.6) is 0 Å². The minimum Gasteiger partial charge on any atom is -0.460 e. The Kier molecular flexibility index (Phi) is 5.38. The fourth-order valence-corrected chi connectivity index (χ4v) is 5.33. The first kappa shape index (κ1) is 22.1. The number of esters is 1. The molecule has 0 saturated carbocycles. The SMILES string of the molecule is CCOC(=O)c1nccc(-c2cc3ccccc3c3ccc4c(c23)C(=O)CC(S(=O)(=O)O)C4)n1. The minimum absolute atomic E-state index is 0.0277. The fourth-order valence-electron chi connectivity index (χ4n) is 4.58. The number of carbonyl (C=O) groups is 2. The molecule has 172 valence electrons. The van der Waals surface area contributed by atoms with Gasteiger partial charge in [0.05, 0.1) is 17.6 Å². The zero-order chi connectivity index (χ0) is 24.0. The van der Waals surface area contributed by atoms with Crippen molar-refractivity contribution in [1.82, 2.24) is 9.97 Å². The van der Waals surface area contributed by atoms with Crippen molar-refractivity contribution in [1.29, 1.82) is 0 Å². The quantitative estimate of drug-likeness (QED) is 0.266. The van der Waals surface area contributed by atoms with Crippen LogP contribution in [-0.2, 0) is 21.3 Å². The molecule has 9 heteroatoms. The lowest BCUT2D eigenvalue weighted by molar-refractivity contribution is 0.0512. The van der Waals surface area contributed by atoms with Crippen LogP contribution in [0.4, 0.5) is 0 Å². The van der Waals surface area contributed by atoms with Gasteiger partial charge in [-0.2, -0.15) is 8.42 Å². The molecule has 0 saturated heterocycles. The van der Waals surface area contributed by atoms with E-state index in [1.165, 1.54) is 6.20 Å². The van der Waals surface area contributed by atoms with Gasteiger partial charge in [0.1, 0.15) is 0 Å². The number of rotatable bonds is 4. The lowest BCUT2D eigenvalue weighted by Gasteiger charge is -2.24. The van der Waals surface area contributed by atoms with Gasteiger partial charge in [-0.05, 0) is 47.2 Å². The van der Waals surface area contributed by atoms with Crippen molar-refractivity contribution in [3.63, 3.8) is 0 Å². The van der Waals surface area contributed by atoms with Gasteiger partial charge in [0.2, 0.25) is 5.82 Å². The van der Waals surface area contributed by atoms with Gasteiger partial charge < -0.3 is 4.74 Å². The van der Waals surface area contributed by atoms with Crippen molar-refractivity contribution in [3.8, 4) is 11.3 Å². The summed E-state index contributed by atoms with van der Waals surface area (Å²) in [5.41, 5.74) is 2.01. The molecule has 1 N–H and O–H groups in total. The van der Waals surface area contributed by atoms with Gasteiger partial charge >= 0.3 is 5.97 Å². The first-order chi connectivity index (χ1) is 16.3. The lowest BCUT2D eigenvalue weighted by atomic mass is 9.83. The third kappa shape index (κ3) is 3.72. The lowest BCUT2D eigenvalue weighted by Crippen LogP contribution is -2.31. The van der Waals surface area contributed by atoms with E-state index in [-0.39, 0.29) is 31.1 Å². The normalized spacial score (nSPS) is 15.9. The van der Waals surface area contributed by atoms with Gasteiger partial charge in [-0.15, -0.1) is 0 Å². The molecule has 3 aromatic carbocycles. The molecule has 1 aromatic heterocycles. The van der Waals surface area contributed by atoms with Crippen molar-refractivity contribution >= 4 is 43.4 Å². The number of benzene rings is 3. The van der Waals surface area contributed by atoms with Gasteiger partial charge in [0.25, 0.3) is 10.1 Å². The van der Waals surface area contributed by atoms with Crippen LogP contribution in [0.2, 0.25) is 0 Å². The standard InChI is InChI=1S/C25H20N2O6S/c1-2-33-25(29)24-26-10-9-20(27-24)19-12-14-5-3-4-6-17(14)18-8-7-15-11-16(34(30,31)32)13-21(28)22(15)23(18)19/h3-10,12,16H,2,11,13H2,1H3,(H,30,31,32). The molecule has 1 aliphatic rings. The Bertz CT molecular complexity index is 1600. The van der Waals surface area contributed by atoms with Crippen LogP contribution in [0.3, 0.4) is 0 Å². The van der Waals surface area contributed by atoms with E-state index in [1.807, 2.05) is 36.4 Å². The Morgan fingerprint density at radius 3 is 2.68 bits per heavy atom. The number of nitrogens with zero attached hydrogens (tertiary/aromatic N) is 2. The smallest absolute Gasteiger partial charge is 0.376 e. The Hall–Kier alpha value is -3.69. The summed E-state index contributed by atoms with van der Waals surface area (Å²) in [4.78, 5) is 33.9. The third-order valence-corrected chi connectivity index (χ3v) is 7.24. The molecule has 34 heavy (non-hydrogen) atoms. The van der Waals surface area contributed by atoms with E-state index in [4.69, 9.17) is 4.74 Å². The molecular formula is C25H20N2O6S. The average molecular weight is 477 g/mol. The number of hydrogen-bond acceptors (Lipinski definition) is 7. The topological polar surface area (TPSA) is 124 Å². The number of Topliss-reactive ketones (excluding diaryl/α,β-unsaturated/α-hetero) is 1. The summed E-state index contributed by atoms with van der Waals surface area (Å²) in [5, 5.41) is 2.10. The number of carbonyl (C=O) groups excluding carboxylic acids is 2. The summed E-state index contributed by atoms with van der Waals surface area (Å²) in [7, 11) is -4.37. The second-order valence-corrected chi connectivity index (χ2v) is 9.82. The maximum atomic E-state index is 13.3. The maximum Gasteiger partial charge on any atom is 0.376 e. The van der Waals surface area contributed by atoms with Crippen LogP contribution in [0, 0.1) is 0 Å². The van der Waals surface area contributed by atoms with Gasteiger partial charge in [0, 0.05) is 29.1 Å². The largest absolute Gasteiger partial charge is 0.460 e. The molecule has 0 aliphatic heterocycles. The molecule has 1 aliphatic carbocycles. The van der Waals surface area contributed by atoms with E-state index < -0.39 is 21.3 Å². The molecule has 0 amide bonds. The first-order valence-corrected chi connectivity index (χ1v) is 12.3. The molecule has 0 fully saturated rings. The van der Waals surface area contributed by atoms with Crippen LogP contribution < -0.4 is 0 Å². The predicted molar refractivity (Wildman–Crippen MR) is 126 cm³/mol. The summed E-state index contributed by atoms with van der Waals surface area (Å²) in [6.07, 6.45) is 1.18. The zero-order valence-electron chi connectivity index (χ0n) is 18.2. The van der Waals surface area contributed by atoms with Crippen LogP contribution in [0.25, 0.3) is 32.8 Å². The molecule has 0 bridgehead atoms. The summed E-state index contributed by atoms with van der Waals surface area (Å²) < 4.78 is 38.1. The Morgan fingerprint density at radius 2 is 1.91 bits per heavy atom. The second-order valence-electron chi connectivity index (χ2n) is 8.12. The highest BCUT2D eigenvalue weighted by atomic mass is 32.2. The van der Waals surface area contributed by atoms with E-state index in [9.17, 15) is 22.6 Å². The predicted octanol–water partition coefficient (Wildman–Crippen LogP) is 4.01. The molecule has 5 rings (SSSR count). The molecule has 1 atom stereocenters. The minimum atomic E-state index is -4.37. The van der Waals surface area contributed by atoms with Gasteiger partial charge in [-0.1, -0.05) is 36.4 Å². The summed E-state index contributed by atoms with van der Waals surface area (Å²) in [6.45, 7) is 1.87. The van der Waals surface area contributed by atoms with Crippen LogP contribution in [0.1, 0.15) is 39.9 Å². The molecule has 0 radical (unpaired) electrons. The Morgan fingerprint density at radius 1 is 1.12 bits per heavy atom. The van der Waals surface area contributed by atoms with Crippen LogP contribution >= 0.6 is 0 Å². The Labute approximate surface area is 195 Å². The number of ketones is 1. The summed E-state index contributed by atoms with van der Waals surface area (Å²) >= 11 is 0. The molecule has 0 spiro atoms. The highest BCUT2D eigenvalue weighted by Crippen LogP contribution is 2.40. The van der Waals surface area contributed by atoms with Gasteiger partial charge in [-0.25, -0.2) is 14.8 Å². The highest BCUT2D eigenvalue weighted by molar-refractivity contribution is 7.86. The van der Waals surface area contributed by atoms with E-state index in [0.717, 1.165) is 16.2 Å². The van der Waals surface area contributed by atoms with Crippen LogP contribution in [0.15, 0.2) is 54.7 Å². The Balaban J connectivity index is 1.82. The third-order valence-electron chi connectivity index (χ3n) is 6.06. The summed E-state index contributed by atoms with van der Waals surface area (Å²) in [6, 6.07) is 14.9. The van der Waals surface area contributed by atoms with Crippen LogP contribution in [-0.4, -0.2) is 46.5 Å². The van der Waals surface area contributed by atoms with Gasteiger partial charge in [-0.3, -0.25) is 9.35 Å². The van der Waals surface area contributed by atoms with Crippen molar-refractivity contribution in [2.45, 2.75) is 25.0 Å². The van der Waals surface area contributed by atoms with E-state index in [0.29, 0.717) is 27.8 Å². The van der Waals surface area contributed by atoms with Crippen molar-refractivity contribution in [2.24, 2.45) is 0 Å². The zero-order valence-corrected chi connectivity index (χ0v) is 19.0. The fraction of sp³-hybridized carbons (Fsp3) is 0.200. The molecule has 4 aromatic rings. The van der Waals surface area contributed by atoms with Crippen molar-refractivity contribution < 1.29 is 27.3 Å². The number of ether oxygens (including phenoxy) is 1. The maximum absolute atomic E-state index is 13.3.